The van der Waals surface area contributed by atoms with Crippen LogP contribution in [0, 0.1) is 0 Å². The molecule has 0 atom stereocenters. The SMILES string of the molecule is CC(=O)N1CCc2c(Cc3ccc(Cl)c(-c4ncc(-c5ccccc5)[nH]4)c3)cccc2C1. The van der Waals surface area contributed by atoms with Gasteiger partial charge in [0.15, 0.2) is 0 Å². The normalized spacial score (nSPS) is 13.1. The molecule has 3 aromatic carbocycles. The number of benzene rings is 3. The fourth-order valence-electron chi connectivity index (χ4n) is 4.43. The molecule has 1 aliphatic heterocycles. The third kappa shape index (κ3) is 4.06. The van der Waals surface area contributed by atoms with Crippen molar-refractivity contribution in [3.05, 3.63) is 100 Å². The largest absolute Gasteiger partial charge is 0.338 e. The minimum Gasteiger partial charge on any atom is -0.338 e. The van der Waals surface area contributed by atoms with Crippen LogP contribution < -0.4 is 0 Å². The molecule has 1 amide bonds. The van der Waals surface area contributed by atoms with Crippen molar-refractivity contribution in [2.75, 3.05) is 6.54 Å². The molecule has 0 saturated heterocycles. The van der Waals surface area contributed by atoms with Crippen LogP contribution in [0.3, 0.4) is 0 Å². The first-order chi connectivity index (χ1) is 15.6. The van der Waals surface area contributed by atoms with Crippen LogP contribution in [0.4, 0.5) is 0 Å². The summed E-state index contributed by atoms with van der Waals surface area (Å²) in [4.78, 5) is 21.7. The van der Waals surface area contributed by atoms with E-state index in [1.807, 2.05) is 35.4 Å². The van der Waals surface area contributed by atoms with Crippen LogP contribution in [0.2, 0.25) is 5.02 Å². The molecule has 0 unspecified atom stereocenters. The first-order valence-electron chi connectivity index (χ1n) is 10.8. The van der Waals surface area contributed by atoms with Crippen LogP contribution >= 0.6 is 11.6 Å². The van der Waals surface area contributed by atoms with Gasteiger partial charge >= 0.3 is 0 Å². The second-order valence-corrected chi connectivity index (χ2v) is 8.66. The summed E-state index contributed by atoms with van der Waals surface area (Å²) in [6.07, 6.45) is 3.56. The lowest BCUT2D eigenvalue weighted by molar-refractivity contribution is -0.129. The Kier molecular flexibility index (Phi) is 5.54. The number of rotatable bonds is 4. The van der Waals surface area contributed by atoms with Gasteiger partial charge in [-0.3, -0.25) is 4.79 Å². The summed E-state index contributed by atoms with van der Waals surface area (Å²) >= 11 is 6.55. The molecule has 0 radical (unpaired) electrons. The maximum absolute atomic E-state index is 11.8. The molecular formula is C27H24ClN3O. The third-order valence-electron chi connectivity index (χ3n) is 6.15. The fourth-order valence-corrected chi connectivity index (χ4v) is 4.64. The van der Waals surface area contributed by atoms with Gasteiger partial charge < -0.3 is 9.88 Å². The van der Waals surface area contributed by atoms with E-state index >= 15 is 0 Å². The van der Waals surface area contributed by atoms with Crippen molar-refractivity contribution >= 4 is 17.5 Å². The van der Waals surface area contributed by atoms with Gasteiger partial charge in [-0.2, -0.15) is 0 Å². The number of nitrogens with zero attached hydrogens (tertiary/aromatic N) is 2. The number of amides is 1. The zero-order chi connectivity index (χ0) is 22.1. The number of imidazole rings is 1. The van der Waals surface area contributed by atoms with Crippen LogP contribution in [-0.2, 0) is 24.2 Å². The van der Waals surface area contributed by atoms with E-state index in [9.17, 15) is 4.79 Å². The monoisotopic (exact) mass is 441 g/mol. The Labute approximate surface area is 192 Å². The number of fused-ring (bicyclic) bond motifs is 1. The molecule has 0 saturated carbocycles. The Morgan fingerprint density at radius 2 is 1.94 bits per heavy atom. The number of carbonyl (C=O) groups is 1. The Bertz CT molecular complexity index is 1280. The van der Waals surface area contributed by atoms with Crippen molar-refractivity contribution in [1.82, 2.24) is 14.9 Å². The molecule has 0 aliphatic carbocycles. The highest BCUT2D eigenvalue weighted by molar-refractivity contribution is 6.33. The highest BCUT2D eigenvalue weighted by atomic mass is 35.5. The lowest BCUT2D eigenvalue weighted by Gasteiger charge is -2.29. The van der Waals surface area contributed by atoms with Gasteiger partial charge in [0, 0.05) is 25.6 Å². The Balaban J connectivity index is 1.43. The van der Waals surface area contributed by atoms with Gasteiger partial charge in [-0.15, -0.1) is 0 Å². The fraction of sp³-hybridized carbons (Fsp3) is 0.185. The number of hydrogen-bond acceptors (Lipinski definition) is 2. The topological polar surface area (TPSA) is 49.0 Å². The first kappa shape index (κ1) is 20.5. The molecule has 4 nitrogen and oxygen atoms in total. The maximum atomic E-state index is 11.8. The summed E-state index contributed by atoms with van der Waals surface area (Å²) in [5.74, 6) is 0.902. The summed E-state index contributed by atoms with van der Waals surface area (Å²) in [7, 11) is 0. The number of hydrogen-bond donors (Lipinski definition) is 1. The van der Waals surface area contributed by atoms with Crippen LogP contribution in [0.5, 0.6) is 0 Å². The van der Waals surface area contributed by atoms with Gasteiger partial charge in [-0.25, -0.2) is 4.98 Å². The average Bonchev–Trinajstić information content (AvgIpc) is 3.31. The summed E-state index contributed by atoms with van der Waals surface area (Å²) in [6, 6.07) is 22.7. The van der Waals surface area contributed by atoms with Crippen LogP contribution in [0.15, 0.2) is 72.9 Å². The second-order valence-electron chi connectivity index (χ2n) is 8.25. The van der Waals surface area contributed by atoms with E-state index in [2.05, 4.69) is 52.4 Å². The number of aromatic amines is 1. The predicted molar refractivity (Wildman–Crippen MR) is 129 cm³/mol. The van der Waals surface area contributed by atoms with E-state index in [4.69, 9.17) is 11.6 Å². The first-order valence-corrected chi connectivity index (χ1v) is 11.2. The molecule has 1 N–H and O–H groups in total. The van der Waals surface area contributed by atoms with E-state index < -0.39 is 0 Å². The molecule has 5 rings (SSSR count). The average molecular weight is 442 g/mol. The third-order valence-corrected chi connectivity index (χ3v) is 6.48. The molecule has 1 aliphatic rings. The molecule has 5 heteroatoms. The molecule has 0 bridgehead atoms. The number of carbonyl (C=O) groups excluding carboxylic acids is 1. The van der Waals surface area contributed by atoms with Crippen molar-refractivity contribution in [1.29, 1.82) is 0 Å². The Morgan fingerprint density at radius 1 is 1.09 bits per heavy atom. The second kappa shape index (κ2) is 8.64. The maximum Gasteiger partial charge on any atom is 0.219 e. The summed E-state index contributed by atoms with van der Waals surface area (Å²) in [6.45, 7) is 3.11. The number of aromatic nitrogens is 2. The summed E-state index contributed by atoms with van der Waals surface area (Å²) in [5, 5.41) is 0.676. The van der Waals surface area contributed by atoms with E-state index in [0.29, 0.717) is 11.6 Å². The summed E-state index contributed by atoms with van der Waals surface area (Å²) < 4.78 is 0. The van der Waals surface area contributed by atoms with Gasteiger partial charge in [-0.05, 0) is 52.8 Å². The van der Waals surface area contributed by atoms with E-state index in [0.717, 1.165) is 42.0 Å². The molecule has 0 spiro atoms. The molecule has 1 aromatic heterocycles. The van der Waals surface area contributed by atoms with Crippen LogP contribution in [-0.4, -0.2) is 27.3 Å². The smallest absolute Gasteiger partial charge is 0.219 e. The van der Waals surface area contributed by atoms with E-state index in [-0.39, 0.29) is 5.91 Å². The van der Waals surface area contributed by atoms with Crippen molar-refractivity contribution < 1.29 is 4.79 Å². The van der Waals surface area contributed by atoms with Gasteiger partial charge in [-0.1, -0.05) is 66.2 Å². The van der Waals surface area contributed by atoms with Gasteiger partial charge in [0.05, 0.1) is 16.9 Å². The minimum absolute atomic E-state index is 0.136. The number of H-pyrrole nitrogens is 1. The molecule has 0 fully saturated rings. The Hall–Kier alpha value is -3.37. The van der Waals surface area contributed by atoms with Gasteiger partial charge in [0.2, 0.25) is 5.91 Å². The van der Waals surface area contributed by atoms with Crippen molar-refractivity contribution in [3.63, 3.8) is 0 Å². The molecule has 2 heterocycles. The van der Waals surface area contributed by atoms with Crippen molar-refractivity contribution in [3.8, 4) is 22.6 Å². The van der Waals surface area contributed by atoms with E-state index in [1.165, 1.54) is 22.3 Å². The van der Waals surface area contributed by atoms with Crippen LogP contribution in [0.1, 0.15) is 29.2 Å². The zero-order valence-electron chi connectivity index (χ0n) is 17.9. The minimum atomic E-state index is 0.136. The van der Waals surface area contributed by atoms with Crippen molar-refractivity contribution in [2.24, 2.45) is 0 Å². The Morgan fingerprint density at radius 3 is 2.75 bits per heavy atom. The van der Waals surface area contributed by atoms with Gasteiger partial charge in [0.1, 0.15) is 5.82 Å². The standard InChI is InChI=1S/C27H24ClN3O/c1-18(32)31-13-12-23-21(8-5-9-22(23)17-31)14-19-10-11-25(28)24(15-19)27-29-16-26(30-27)20-6-3-2-4-7-20/h2-11,15-16H,12-14,17H2,1H3,(H,29,30). The number of nitrogens with one attached hydrogen (secondary N) is 1. The quantitative estimate of drug-likeness (QED) is 0.429. The van der Waals surface area contributed by atoms with Crippen molar-refractivity contribution in [2.45, 2.75) is 26.3 Å². The number of halogens is 1. The molecular weight excluding hydrogens is 418 g/mol. The zero-order valence-corrected chi connectivity index (χ0v) is 18.7. The predicted octanol–water partition coefficient (Wildman–Crippen LogP) is 5.89. The van der Waals surface area contributed by atoms with Gasteiger partial charge in [0.25, 0.3) is 0 Å². The lowest BCUT2D eigenvalue weighted by Crippen LogP contribution is -2.34. The highest BCUT2D eigenvalue weighted by Gasteiger charge is 2.20. The molecule has 4 aromatic rings. The molecule has 160 valence electrons. The lowest BCUT2D eigenvalue weighted by atomic mass is 9.90. The summed E-state index contributed by atoms with van der Waals surface area (Å²) in [5.41, 5.74) is 8.07. The molecule has 32 heavy (non-hydrogen) atoms. The van der Waals surface area contributed by atoms with Crippen LogP contribution in [0.25, 0.3) is 22.6 Å². The highest BCUT2D eigenvalue weighted by Crippen LogP contribution is 2.31. The van der Waals surface area contributed by atoms with E-state index in [1.54, 1.807) is 6.92 Å².